The third kappa shape index (κ3) is 3.46. The van der Waals surface area contributed by atoms with Gasteiger partial charge in [0, 0.05) is 6.54 Å². The third-order valence-corrected chi connectivity index (χ3v) is 5.77. The first kappa shape index (κ1) is 18.5. The van der Waals surface area contributed by atoms with Gasteiger partial charge in [0.15, 0.2) is 5.16 Å². The van der Waals surface area contributed by atoms with Gasteiger partial charge in [-0.05, 0) is 23.6 Å². The van der Waals surface area contributed by atoms with Crippen LogP contribution in [0.4, 0.5) is 0 Å². The highest BCUT2D eigenvalue weighted by atomic mass is 32.2. The highest BCUT2D eigenvalue weighted by Gasteiger charge is 2.16. The molecule has 4 rings (SSSR count). The van der Waals surface area contributed by atoms with Crippen molar-refractivity contribution in [1.82, 2.24) is 19.7 Å². The van der Waals surface area contributed by atoms with Crippen molar-refractivity contribution >= 4 is 33.3 Å². The Labute approximate surface area is 168 Å². The highest BCUT2D eigenvalue weighted by molar-refractivity contribution is 7.98. The lowest BCUT2D eigenvalue weighted by Crippen LogP contribution is -2.22. The van der Waals surface area contributed by atoms with Crippen LogP contribution in [0.1, 0.15) is 5.89 Å². The smallest absolute Gasteiger partial charge is 0.263 e. The predicted molar refractivity (Wildman–Crippen MR) is 110 cm³/mol. The van der Waals surface area contributed by atoms with E-state index in [1.807, 2.05) is 29.6 Å². The van der Waals surface area contributed by atoms with Crippen LogP contribution in [0.15, 0.2) is 62.8 Å². The van der Waals surface area contributed by atoms with E-state index in [2.05, 4.69) is 21.7 Å². The maximum Gasteiger partial charge on any atom is 0.263 e. The Hall–Kier alpha value is -2.91. The molecule has 0 spiro atoms. The van der Waals surface area contributed by atoms with Gasteiger partial charge in [-0.25, -0.2) is 4.98 Å². The third-order valence-electron chi connectivity index (χ3n) is 4.00. The molecule has 0 aliphatic carbocycles. The average molecular weight is 412 g/mol. The number of thioether (sulfide) groups is 1. The van der Waals surface area contributed by atoms with Crippen molar-refractivity contribution in [3.8, 4) is 17.1 Å². The maximum atomic E-state index is 12.7. The highest BCUT2D eigenvalue weighted by Crippen LogP contribution is 2.29. The van der Waals surface area contributed by atoms with Crippen LogP contribution >= 0.6 is 23.1 Å². The molecule has 0 fully saturated rings. The van der Waals surface area contributed by atoms with E-state index in [1.54, 1.807) is 23.8 Å². The van der Waals surface area contributed by atoms with Crippen molar-refractivity contribution in [3.05, 3.63) is 64.6 Å². The van der Waals surface area contributed by atoms with E-state index in [0.29, 0.717) is 45.1 Å². The summed E-state index contributed by atoms with van der Waals surface area (Å²) in [5.74, 6) is 1.96. The first-order chi connectivity index (χ1) is 13.7. The van der Waals surface area contributed by atoms with E-state index >= 15 is 0 Å². The van der Waals surface area contributed by atoms with Gasteiger partial charge in [-0.2, -0.15) is 4.98 Å². The summed E-state index contributed by atoms with van der Waals surface area (Å²) >= 11 is 2.81. The molecule has 0 bridgehead atoms. The zero-order valence-electron chi connectivity index (χ0n) is 15.0. The molecule has 0 radical (unpaired) electrons. The molecule has 0 atom stereocenters. The van der Waals surface area contributed by atoms with Gasteiger partial charge in [0.25, 0.3) is 5.56 Å². The van der Waals surface area contributed by atoms with Crippen molar-refractivity contribution in [3.63, 3.8) is 0 Å². The van der Waals surface area contributed by atoms with Gasteiger partial charge in [-0.1, -0.05) is 35.1 Å². The van der Waals surface area contributed by atoms with Gasteiger partial charge in [-0.15, -0.1) is 17.9 Å². The molecule has 0 aliphatic heterocycles. The Morgan fingerprint density at radius 2 is 2.18 bits per heavy atom. The topological polar surface area (TPSA) is 83.0 Å². The number of hydrogen-bond donors (Lipinski definition) is 0. The minimum absolute atomic E-state index is 0.0751. The first-order valence-corrected chi connectivity index (χ1v) is 10.3. The van der Waals surface area contributed by atoms with Crippen LogP contribution < -0.4 is 10.3 Å². The fourth-order valence-corrected chi connectivity index (χ4v) is 4.36. The average Bonchev–Trinajstić information content (AvgIpc) is 3.38. The van der Waals surface area contributed by atoms with Gasteiger partial charge in [0.1, 0.15) is 10.6 Å². The van der Waals surface area contributed by atoms with Crippen LogP contribution in [0.3, 0.4) is 0 Å². The fourth-order valence-electron chi connectivity index (χ4n) is 2.71. The van der Waals surface area contributed by atoms with E-state index in [1.165, 1.54) is 23.1 Å². The lowest BCUT2D eigenvalue weighted by atomic mass is 10.2. The van der Waals surface area contributed by atoms with E-state index in [9.17, 15) is 4.79 Å². The Morgan fingerprint density at radius 1 is 1.32 bits per heavy atom. The Bertz CT molecular complexity index is 1200. The largest absolute Gasteiger partial charge is 0.496 e. The van der Waals surface area contributed by atoms with Crippen LogP contribution in [0, 0.1) is 0 Å². The summed E-state index contributed by atoms with van der Waals surface area (Å²) in [5, 5.41) is 7.12. The van der Waals surface area contributed by atoms with Crippen LogP contribution in [0.5, 0.6) is 5.75 Å². The van der Waals surface area contributed by atoms with Gasteiger partial charge < -0.3 is 9.26 Å². The summed E-state index contributed by atoms with van der Waals surface area (Å²) in [6, 6.07) is 9.27. The summed E-state index contributed by atoms with van der Waals surface area (Å²) in [7, 11) is 1.60. The van der Waals surface area contributed by atoms with Crippen LogP contribution in [-0.4, -0.2) is 26.8 Å². The molecule has 7 nitrogen and oxygen atoms in total. The minimum atomic E-state index is -0.0751. The Kier molecular flexibility index (Phi) is 5.27. The quantitative estimate of drug-likeness (QED) is 0.258. The summed E-state index contributed by atoms with van der Waals surface area (Å²) < 4.78 is 12.3. The predicted octanol–water partition coefficient (Wildman–Crippen LogP) is 3.99. The van der Waals surface area contributed by atoms with Crippen molar-refractivity contribution < 1.29 is 9.26 Å². The van der Waals surface area contributed by atoms with E-state index < -0.39 is 0 Å². The molecule has 1 aromatic carbocycles. The zero-order chi connectivity index (χ0) is 19.5. The van der Waals surface area contributed by atoms with Crippen molar-refractivity contribution in [1.29, 1.82) is 0 Å². The molecule has 0 aliphatic rings. The summed E-state index contributed by atoms with van der Waals surface area (Å²) in [6.07, 6.45) is 1.68. The number of aromatic nitrogens is 4. The number of fused-ring (bicyclic) bond motifs is 1. The molecule has 0 amide bonds. The molecule has 3 aromatic heterocycles. The summed E-state index contributed by atoms with van der Waals surface area (Å²) in [5.41, 5.74) is 0.681. The fraction of sp³-hybridized carbons (Fsp3) is 0.158. The second-order valence-electron chi connectivity index (χ2n) is 5.74. The second-order valence-corrected chi connectivity index (χ2v) is 7.58. The molecule has 0 saturated heterocycles. The molecule has 28 heavy (non-hydrogen) atoms. The van der Waals surface area contributed by atoms with E-state index in [0.717, 1.165) is 5.56 Å². The maximum absolute atomic E-state index is 12.7. The SMILES string of the molecule is C=CCn1c(SCc2nc(-c3ccccc3OC)no2)nc2sccc2c1=O. The normalized spacial score (nSPS) is 11.0. The number of methoxy groups -OCH3 is 1. The molecular weight excluding hydrogens is 396 g/mol. The zero-order valence-corrected chi connectivity index (χ0v) is 16.6. The number of allylic oxidation sites excluding steroid dienone is 1. The Balaban J connectivity index is 1.60. The van der Waals surface area contributed by atoms with E-state index in [-0.39, 0.29) is 5.56 Å². The summed E-state index contributed by atoms with van der Waals surface area (Å²) in [6.45, 7) is 4.12. The number of para-hydroxylation sites is 1. The van der Waals surface area contributed by atoms with Gasteiger partial charge >= 0.3 is 0 Å². The van der Waals surface area contributed by atoms with Gasteiger partial charge in [-0.3, -0.25) is 9.36 Å². The molecule has 0 unspecified atom stereocenters. The van der Waals surface area contributed by atoms with Crippen molar-refractivity contribution in [2.24, 2.45) is 0 Å². The monoisotopic (exact) mass is 412 g/mol. The molecule has 142 valence electrons. The lowest BCUT2D eigenvalue weighted by Gasteiger charge is -2.08. The number of hydrogen-bond acceptors (Lipinski definition) is 8. The molecule has 3 heterocycles. The number of nitrogens with zero attached hydrogens (tertiary/aromatic N) is 4. The van der Waals surface area contributed by atoms with E-state index in [4.69, 9.17) is 9.26 Å². The van der Waals surface area contributed by atoms with Crippen LogP contribution in [0.2, 0.25) is 0 Å². The first-order valence-electron chi connectivity index (χ1n) is 8.39. The molecule has 4 aromatic rings. The Morgan fingerprint density at radius 3 is 3.00 bits per heavy atom. The minimum Gasteiger partial charge on any atom is -0.496 e. The van der Waals surface area contributed by atoms with Crippen LogP contribution in [0.25, 0.3) is 21.6 Å². The number of rotatable bonds is 7. The molecule has 0 saturated carbocycles. The van der Waals surface area contributed by atoms with Gasteiger partial charge in [0.2, 0.25) is 11.7 Å². The van der Waals surface area contributed by atoms with Crippen LogP contribution in [-0.2, 0) is 12.3 Å². The molecule has 9 heteroatoms. The standard InChI is InChI=1S/C19H16N4O3S2/c1-3-9-23-18(24)13-8-10-27-17(13)21-19(23)28-11-15-20-16(22-26-15)12-6-4-5-7-14(12)25-2/h3-8,10H,1,9,11H2,2H3. The van der Waals surface area contributed by atoms with Crippen molar-refractivity contribution in [2.75, 3.05) is 7.11 Å². The molecule has 0 N–H and O–H groups in total. The molecular formula is C19H16N4O3S2. The van der Waals surface area contributed by atoms with Gasteiger partial charge in [0.05, 0.1) is 23.8 Å². The lowest BCUT2D eigenvalue weighted by molar-refractivity contribution is 0.390. The second kappa shape index (κ2) is 7.99. The number of thiophene rings is 1. The number of ether oxygens (including phenoxy) is 1. The number of benzene rings is 1. The van der Waals surface area contributed by atoms with Crippen molar-refractivity contribution in [2.45, 2.75) is 17.5 Å². The summed E-state index contributed by atoms with van der Waals surface area (Å²) in [4.78, 5) is 22.4.